The molecule has 0 aromatic rings. The van der Waals surface area contributed by atoms with Gasteiger partial charge in [0.15, 0.2) is 11.5 Å². The lowest BCUT2D eigenvalue weighted by Gasteiger charge is -2.64. The van der Waals surface area contributed by atoms with Gasteiger partial charge in [0.25, 0.3) is 0 Å². The molecule has 2 fully saturated rings. The Morgan fingerprint density at radius 1 is 1.15 bits per heavy atom. The van der Waals surface area contributed by atoms with Crippen molar-refractivity contribution in [1.29, 1.82) is 0 Å². The van der Waals surface area contributed by atoms with Crippen molar-refractivity contribution in [2.24, 2.45) is 45.8 Å². The van der Waals surface area contributed by atoms with E-state index in [9.17, 15) is 24.0 Å². The lowest BCUT2D eigenvalue weighted by Crippen LogP contribution is -2.69. The Balaban J connectivity index is 1.71. The molecule has 10 nitrogen and oxygen atoms in total. The highest BCUT2D eigenvalue weighted by molar-refractivity contribution is 6.08. The minimum Gasteiger partial charge on any atom is -0.493 e. The number of ketones is 2. The van der Waals surface area contributed by atoms with Crippen molar-refractivity contribution in [2.75, 3.05) is 7.11 Å². The average Bonchev–Trinajstić information content (AvgIpc) is 2.85. The smallest absolute Gasteiger partial charge is 0.332 e. The van der Waals surface area contributed by atoms with E-state index < -0.39 is 52.0 Å². The number of ether oxygens (including phenoxy) is 3. The second-order valence-electron chi connectivity index (χ2n) is 13.9. The van der Waals surface area contributed by atoms with Gasteiger partial charge >= 0.3 is 17.9 Å². The third-order valence-corrected chi connectivity index (χ3v) is 9.90. The summed E-state index contributed by atoms with van der Waals surface area (Å²) in [6.45, 7) is 16.0. The Hall–Kier alpha value is -3.01. The Morgan fingerprint density at radius 2 is 1.78 bits per heavy atom. The van der Waals surface area contributed by atoms with Crippen LogP contribution in [0.3, 0.4) is 0 Å². The predicted molar refractivity (Wildman–Crippen MR) is 146 cm³/mol. The third-order valence-electron chi connectivity index (χ3n) is 9.90. The van der Waals surface area contributed by atoms with Gasteiger partial charge in [-0.05, 0) is 63.5 Å². The van der Waals surface area contributed by atoms with Crippen molar-refractivity contribution in [3.63, 3.8) is 0 Å². The van der Waals surface area contributed by atoms with Gasteiger partial charge in [-0.2, -0.15) is 0 Å². The number of rotatable bonds is 6. The summed E-state index contributed by atoms with van der Waals surface area (Å²) in [7, 11) is 1.42. The van der Waals surface area contributed by atoms with Crippen LogP contribution in [0, 0.1) is 45.8 Å². The van der Waals surface area contributed by atoms with Crippen molar-refractivity contribution in [3.05, 3.63) is 23.2 Å². The molecule has 1 heterocycles. The van der Waals surface area contributed by atoms with Gasteiger partial charge in [0, 0.05) is 22.7 Å². The van der Waals surface area contributed by atoms with Gasteiger partial charge in [-0.1, -0.05) is 34.6 Å². The summed E-state index contributed by atoms with van der Waals surface area (Å²) in [5.74, 6) is -4.53. The van der Waals surface area contributed by atoms with Crippen molar-refractivity contribution >= 4 is 29.5 Å². The monoisotopic (exact) mass is 573 g/mol. The van der Waals surface area contributed by atoms with Gasteiger partial charge in [0.05, 0.1) is 18.9 Å². The summed E-state index contributed by atoms with van der Waals surface area (Å²) in [4.78, 5) is 72.0. The fourth-order valence-corrected chi connectivity index (χ4v) is 7.62. The van der Waals surface area contributed by atoms with Crippen LogP contribution in [0.25, 0.3) is 0 Å². The van der Waals surface area contributed by atoms with E-state index in [2.05, 4.69) is 5.48 Å². The van der Waals surface area contributed by atoms with Gasteiger partial charge in [0.1, 0.15) is 12.1 Å². The molecule has 0 spiro atoms. The second-order valence-corrected chi connectivity index (χ2v) is 13.9. The molecule has 226 valence electrons. The molecule has 0 bridgehead atoms. The normalized spacial score (nSPS) is 35.6. The van der Waals surface area contributed by atoms with Crippen LogP contribution >= 0.6 is 0 Å². The average molecular weight is 574 g/mol. The molecule has 1 aliphatic heterocycles. The Labute approximate surface area is 241 Å². The zero-order valence-electron chi connectivity index (χ0n) is 25.7. The fourth-order valence-electron chi connectivity index (χ4n) is 7.62. The lowest BCUT2D eigenvalue weighted by molar-refractivity contribution is -0.217. The van der Waals surface area contributed by atoms with E-state index in [1.54, 1.807) is 54.5 Å². The Morgan fingerprint density at radius 3 is 2.34 bits per heavy atom. The van der Waals surface area contributed by atoms with Gasteiger partial charge in [0.2, 0.25) is 11.6 Å². The van der Waals surface area contributed by atoms with Crippen molar-refractivity contribution < 1.29 is 43.0 Å². The molecule has 4 aliphatic rings. The highest BCUT2D eigenvalue weighted by Crippen LogP contribution is 2.67. The molecule has 1 N–H and O–H groups in total. The summed E-state index contributed by atoms with van der Waals surface area (Å²) < 4.78 is 17.2. The number of carbonyl (C=O) groups excluding carboxylic acids is 5. The SMILES string of the molecule is COC1=C(C)[C@@H]2CC(=O)O[C@@H]3C[C@H]4[C@H](C)C=C(OC(=O)C(NOC(=O)C(C)(C)C)C(C)C)C(=O)[C@]4(C)[C@@H](C1=O)[C@@]32C. The van der Waals surface area contributed by atoms with E-state index in [0.29, 0.717) is 12.0 Å². The van der Waals surface area contributed by atoms with Gasteiger partial charge in [-0.25, -0.2) is 9.59 Å². The van der Waals surface area contributed by atoms with E-state index >= 15 is 0 Å². The van der Waals surface area contributed by atoms with Gasteiger partial charge < -0.3 is 19.0 Å². The molecule has 10 heteroatoms. The molecular weight excluding hydrogens is 530 g/mol. The molecule has 3 aliphatic carbocycles. The highest BCUT2D eigenvalue weighted by Gasteiger charge is 2.72. The van der Waals surface area contributed by atoms with E-state index in [0.717, 1.165) is 0 Å². The van der Waals surface area contributed by atoms with Crippen LogP contribution in [-0.2, 0) is 43.0 Å². The Bertz CT molecular complexity index is 1240. The van der Waals surface area contributed by atoms with Crippen LogP contribution in [0.5, 0.6) is 0 Å². The summed E-state index contributed by atoms with van der Waals surface area (Å²) in [6.07, 6.45) is 1.56. The number of hydrogen-bond acceptors (Lipinski definition) is 10. The first-order valence-electron chi connectivity index (χ1n) is 14.3. The highest BCUT2D eigenvalue weighted by atomic mass is 16.7. The standard InChI is InChI=1S/C31H43NO9/c1-14(2)22(32-41-28(37)29(5,6)7)27(36)39-19-11-15(3)17-12-20-30(8)18(13-21(33)40-20)16(4)24(38-10)23(34)25(30)31(17,9)26(19)35/h11,14-15,17-18,20,22,25,32H,12-13H2,1-10H3/t15-,17+,18+,20-,22?,25+,30-,31+/m1/s1. The summed E-state index contributed by atoms with van der Waals surface area (Å²) in [6, 6.07) is -1.03. The third kappa shape index (κ3) is 4.72. The number of carbonyl (C=O) groups is 5. The van der Waals surface area contributed by atoms with Crippen LogP contribution in [0.15, 0.2) is 23.2 Å². The maximum Gasteiger partial charge on any atom is 0.332 e. The second kappa shape index (κ2) is 10.4. The molecule has 0 amide bonds. The largest absolute Gasteiger partial charge is 0.493 e. The number of allylic oxidation sites excluding steroid dienone is 4. The van der Waals surface area contributed by atoms with Crippen LogP contribution < -0.4 is 5.48 Å². The van der Waals surface area contributed by atoms with Crippen molar-refractivity contribution in [2.45, 2.75) is 87.3 Å². The fraction of sp³-hybridized carbons (Fsp3) is 0.710. The lowest BCUT2D eigenvalue weighted by atomic mass is 9.40. The zero-order chi connectivity index (χ0) is 30.8. The summed E-state index contributed by atoms with van der Waals surface area (Å²) in [5, 5.41) is 0. The quantitative estimate of drug-likeness (QED) is 0.284. The zero-order valence-corrected chi connectivity index (χ0v) is 25.7. The van der Waals surface area contributed by atoms with Gasteiger partial charge in [-0.3, -0.25) is 14.4 Å². The maximum absolute atomic E-state index is 14.4. The molecule has 1 saturated carbocycles. The number of esters is 2. The molecule has 0 aromatic carbocycles. The number of nitrogens with one attached hydrogen (secondary N) is 1. The first kappa shape index (κ1) is 30.9. The number of Topliss-reactive ketones (excluding diaryl/α,β-unsaturated/α-hetero) is 2. The number of hydrogen-bond donors (Lipinski definition) is 1. The topological polar surface area (TPSA) is 134 Å². The molecule has 0 radical (unpaired) electrons. The minimum atomic E-state index is -1.25. The summed E-state index contributed by atoms with van der Waals surface area (Å²) in [5.41, 5.74) is 0.332. The molecule has 1 unspecified atom stereocenters. The van der Waals surface area contributed by atoms with Crippen molar-refractivity contribution in [3.8, 4) is 0 Å². The molecule has 41 heavy (non-hydrogen) atoms. The first-order valence-corrected chi connectivity index (χ1v) is 14.3. The number of hydroxylamine groups is 1. The molecule has 4 rings (SSSR count). The molecule has 1 saturated heterocycles. The van der Waals surface area contributed by atoms with Crippen LogP contribution in [0.1, 0.15) is 75.2 Å². The minimum absolute atomic E-state index is 0.0900. The van der Waals surface area contributed by atoms with Crippen LogP contribution in [0.4, 0.5) is 0 Å². The molecule has 8 atom stereocenters. The van der Waals surface area contributed by atoms with E-state index in [4.69, 9.17) is 19.0 Å². The predicted octanol–water partition coefficient (Wildman–Crippen LogP) is 3.83. The van der Waals surface area contributed by atoms with Gasteiger partial charge in [-0.15, -0.1) is 5.48 Å². The van der Waals surface area contributed by atoms with E-state index in [1.165, 1.54) is 7.11 Å². The van der Waals surface area contributed by atoms with Crippen LogP contribution in [-0.4, -0.2) is 48.7 Å². The molecular formula is C31H43NO9. The van der Waals surface area contributed by atoms with Crippen LogP contribution in [0.2, 0.25) is 0 Å². The first-order chi connectivity index (χ1) is 18.9. The van der Waals surface area contributed by atoms with Crippen molar-refractivity contribution in [1.82, 2.24) is 5.48 Å². The Kier molecular flexibility index (Phi) is 7.82. The maximum atomic E-state index is 14.4. The van der Waals surface area contributed by atoms with E-state index in [1.807, 2.05) is 13.8 Å². The summed E-state index contributed by atoms with van der Waals surface area (Å²) >= 11 is 0. The molecule has 0 aromatic heterocycles. The number of methoxy groups -OCH3 is 1. The number of fused-ring (bicyclic) bond motifs is 2. The van der Waals surface area contributed by atoms with E-state index in [-0.39, 0.29) is 53.4 Å².